The molecule has 0 amide bonds. The first kappa shape index (κ1) is 11.5. The maximum atomic E-state index is 5.39. The third-order valence-electron chi connectivity index (χ3n) is 3.44. The molecule has 0 aromatic heterocycles. The highest BCUT2D eigenvalue weighted by Gasteiger charge is 2.22. The summed E-state index contributed by atoms with van der Waals surface area (Å²) < 4.78 is 5.39. The molecule has 1 heterocycles. The molecule has 16 heavy (non-hydrogen) atoms. The summed E-state index contributed by atoms with van der Waals surface area (Å²) in [5.41, 5.74) is 3.87. The van der Waals surface area contributed by atoms with Gasteiger partial charge in [0.25, 0.3) is 0 Å². The summed E-state index contributed by atoms with van der Waals surface area (Å²) in [5.74, 6) is 1.81. The number of methoxy groups -OCH3 is 1. The van der Waals surface area contributed by atoms with E-state index in [1.54, 1.807) is 7.11 Å². The van der Waals surface area contributed by atoms with E-state index in [-0.39, 0.29) is 0 Å². The highest BCUT2D eigenvalue weighted by Crippen LogP contribution is 2.32. The Kier molecular flexibility index (Phi) is 3.20. The Morgan fingerprint density at radius 1 is 1.25 bits per heavy atom. The number of benzene rings is 1. The van der Waals surface area contributed by atoms with Crippen molar-refractivity contribution < 1.29 is 4.74 Å². The Labute approximate surface area is 98.0 Å². The van der Waals surface area contributed by atoms with Gasteiger partial charge in [0.15, 0.2) is 0 Å². The molecule has 1 aromatic carbocycles. The minimum Gasteiger partial charge on any atom is -0.496 e. The molecule has 1 aromatic rings. The minimum atomic E-state index is 0.526. The van der Waals surface area contributed by atoms with Crippen molar-refractivity contribution in [2.24, 2.45) is 5.92 Å². The smallest absolute Gasteiger partial charge is 0.124 e. The van der Waals surface area contributed by atoms with Gasteiger partial charge in [-0.15, -0.1) is 0 Å². The van der Waals surface area contributed by atoms with Gasteiger partial charge in [-0.05, 0) is 49.4 Å². The Morgan fingerprint density at radius 3 is 2.31 bits per heavy atom. The zero-order valence-corrected chi connectivity index (χ0v) is 10.6. The first-order chi connectivity index (χ1) is 7.61. The fourth-order valence-electron chi connectivity index (χ4n) is 2.67. The first-order valence-electron chi connectivity index (χ1n) is 6.00. The molecule has 0 bridgehead atoms. The second kappa shape index (κ2) is 4.46. The summed E-state index contributed by atoms with van der Waals surface area (Å²) in [4.78, 5) is 0. The third kappa shape index (κ3) is 2.07. The van der Waals surface area contributed by atoms with Gasteiger partial charge >= 0.3 is 0 Å². The molecule has 1 fully saturated rings. The summed E-state index contributed by atoms with van der Waals surface area (Å²) in [6, 6.07) is 5.03. The molecule has 2 heteroatoms. The molecule has 0 aliphatic carbocycles. The average Bonchev–Trinajstić information content (AvgIpc) is 2.64. The lowest BCUT2D eigenvalue weighted by Crippen LogP contribution is -2.13. The molecular weight excluding hydrogens is 198 g/mol. The summed E-state index contributed by atoms with van der Waals surface area (Å²) >= 11 is 0. The fraction of sp³-hybridized carbons (Fsp3) is 0.571. The van der Waals surface area contributed by atoms with Crippen LogP contribution < -0.4 is 10.1 Å². The number of rotatable bonds is 2. The van der Waals surface area contributed by atoms with E-state index in [1.807, 2.05) is 0 Å². The maximum Gasteiger partial charge on any atom is 0.124 e. The van der Waals surface area contributed by atoms with Crippen molar-refractivity contribution in [2.45, 2.75) is 33.2 Å². The van der Waals surface area contributed by atoms with E-state index in [4.69, 9.17) is 4.74 Å². The second-order valence-electron chi connectivity index (χ2n) is 4.99. The monoisotopic (exact) mass is 219 g/mol. The molecule has 1 aliphatic rings. The highest BCUT2D eigenvalue weighted by molar-refractivity contribution is 5.44. The summed E-state index contributed by atoms with van der Waals surface area (Å²) in [5, 5.41) is 3.57. The van der Waals surface area contributed by atoms with Crippen molar-refractivity contribution in [3.63, 3.8) is 0 Å². The number of hydrogen-bond acceptors (Lipinski definition) is 2. The second-order valence-corrected chi connectivity index (χ2v) is 4.99. The van der Waals surface area contributed by atoms with E-state index in [1.165, 1.54) is 23.1 Å². The van der Waals surface area contributed by atoms with Crippen LogP contribution in [-0.2, 0) is 0 Å². The van der Waals surface area contributed by atoms with E-state index in [2.05, 4.69) is 38.2 Å². The van der Waals surface area contributed by atoms with Crippen molar-refractivity contribution in [2.75, 3.05) is 13.7 Å². The molecule has 1 aliphatic heterocycles. The van der Waals surface area contributed by atoms with Crippen LogP contribution in [0.15, 0.2) is 12.1 Å². The molecule has 2 rings (SSSR count). The van der Waals surface area contributed by atoms with Crippen LogP contribution in [0, 0.1) is 19.8 Å². The van der Waals surface area contributed by atoms with Gasteiger partial charge in [0.05, 0.1) is 7.11 Å². The number of nitrogens with one attached hydrogen (secondary N) is 1. The zero-order valence-electron chi connectivity index (χ0n) is 10.6. The van der Waals surface area contributed by atoms with E-state index in [0.29, 0.717) is 6.04 Å². The van der Waals surface area contributed by atoms with Crippen LogP contribution in [0.5, 0.6) is 5.75 Å². The van der Waals surface area contributed by atoms with E-state index < -0.39 is 0 Å². The molecule has 0 radical (unpaired) electrons. The van der Waals surface area contributed by atoms with Gasteiger partial charge in [-0.2, -0.15) is 0 Å². The molecule has 0 saturated carbocycles. The van der Waals surface area contributed by atoms with Gasteiger partial charge in [0.2, 0.25) is 0 Å². The predicted octanol–water partition coefficient (Wildman–Crippen LogP) is 2.98. The highest BCUT2D eigenvalue weighted by atomic mass is 16.5. The van der Waals surface area contributed by atoms with Crippen molar-refractivity contribution in [3.05, 3.63) is 28.8 Å². The topological polar surface area (TPSA) is 21.3 Å². The molecule has 1 N–H and O–H groups in total. The zero-order chi connectivity index (χ0) is 11.7. The van der Waals surface area contributed by atoms with E-state index in [0.717, 1.165) is 18.2 Å². The molecule has 0 unspecified atom stereocenters. The summed E-state index contributed by atoms with van der Waals surface area (Å²) in [6.07, 6.45) is 1.24. The van der Waals surface area contributed by atoms with Gasteiger partial charge < -0.3 is 10.1 Å². The van der Waals surface area contributed by atoms with Crippen molar-refractivity contribution >= 4 is 0 Å². The molecule has 88 valence electrons. The van der Waals surface area contributed by atoms with Crippen LogP contribution in [0.4, 0.5) is 0 Å². The number of ether oxygens (including phenoxy) is 1. The minimum absolute atomic E-state index is 0.526. The summed E-state index contributed by atoms with van der Waals surface area (Å²) in [6.45, 7) is 7.67. The molecule has 2 nitrogen and oxygen atoms in total. The Morgan fingerprint density at radius 2 is 1.88 bits per heavy atom. The van der Waals surface area contributed by atoms with Gasteiger partial charge in [0.1, 0.15) is 5.75 Å². The van der Waals surface area contributed by atoms with E-state index in [9.17, 15) is 0 Å². The third-order valence-corrected chi connectivity index (χ3v) is 3.44. The van der Waals surface area contributed by atoms with Crippen molar-refractivity contribution in [3.8, 4) is 5.75 Å². The standard InChI is InChI=1S/C14H21NO/c1-9-5-13(15-8-9)12-6-10(2)14(16-4)11(3)7-12/h6-7,9,13,15H,5,8H2,1-4H3/t9-,13+/m0/s1. The maximum absolute atomic E-state index is 5.39. The molecular formula is C14H21NO. The van der Waals surface area contributed by atoms with Crippen LogP contribution in [0.3, 0.4) is 0 Å². The lowest BCUT2D eigenvalue weighted by Gasteiger charge is -2.15. The van der Waals surface area contributed by atoms with Gasteiger partial charge in [0, 0.05) is 6.04 Å². The van der Waals surface area contributed by atoms with E-state index >= 15 is 0 Å². The van der Waals surface area contributed by atoms with Gasteiger partial charge in [-0.25, -0.2) is 0 Å². The molecule has 2 atom stereocenters. The largest absolute Gasteiger partial charge is 0.496 e. The van der Waals surface area contributed by atoms with Crippen molar-refractivity contribution in [1.29, 1.82) is 0 Å². The summed E-state index contributed by atoms with van der Waals surface area (Å²) in [7, 11) is 1.74. The van der Waals surface area contributed by atoms with Gasteiger partial charge in [-0.3, -0.25) is 0 Å². The first-order valence-corrected chi connectivity index (χ1v) is 6.00. The lowest BCUT2D eigenvalue weighted by molar-refractivity contribution is 0.408. The van der Waals surface area contributed by atoms with Crippen LogP contribution in [-0.4, -0.2) is 13.7 Å². The van der Waals surface area contributed by atoms with Crippen molar-refractivity contribution in [1.82, 2.24) is 5.32 Å². The Balaban J connectivity index is 2.29. The number of aryl methyl sites for hydroxylation is 2. The normalized spacial score (nSPS) is 24.8. The molecule has 1 saturated heterocycles. The lowest BCUT2D eigenvalue weighted by atomic mass is 9.97. The Bertz CT molecular complexity index is 363. The predicted molar refractivity (Wildman–Crippen MR) is 67.0 cm³/mol. The van der Waals surface area contributed by atoms with Crippen LogP contribution in [0.2, 0.25) is 0 Å². The van der Waals surface area contributed by atoms with Crippen LogP contribution in [0.25, 0.3) is 0 Å². The number of hydrogen-bond donors (Lipinski definition) is 1. The average molecular weight is 219 g/mol. The molecule has 0 spiro atoms. The van der Waals surface area contributed by atoms with Crippen LogP contribution >= 0.6 is 0 Å². The quantitative estimate of drug-likeness (QED) is 0.825. The fourth-order valence-corrected chi connectivity index (χ4v) is 2.67. The Hall–Kier alpha value is -1.02. The SMILES string of the molecule is COc1c(C)cc([C@H]2C[C@H](C)CN2)cc1C. The van der Waals surface area contributed by atoms with Gasteiger partial charge in [-0.1, -0.05) is 19.1 Å². The van der Waals surface area contributed by atoms with Crippen LogP contribution in [0.1, 0.15) is 36.1 Å².